The van der Waals surface area contributed by atoms with Gasteiger partial charge in [0.2, 0.25) is 5.13 Å². The van der Waals surface area contributed by atoms with Gasteiger partial charge in [-0.2, -0.15) is 0 Å². The number of fused-ring (bicyclic) bond motifs is 1. The molecule has 1 atom stereocenters. The molecule has 0 radical (unpaired) electrons. The number of aromatic nitrogens is 4. The van der Waals surface area contributed by atoms with Crippen LogP contribution < -0.4 is 14.4 Å². The Labute approximate surface area is 285 Å². The summed E-state index contributed by atoms with van der Waals surface area (Å²) < 4.78 is 27.6. The van der Waals surface area contributed by atoms with E-state index in [9.17, 15) is 19.1 Å². The second-order valence-corrected chi connectivity index (χ2v) is 13.8. The van der Waals surface area contributed by atoms with Gasteiger partial charge in [0.05, 0.1) is 30.5 Å². The van der Waals surface area contributed by atoms with Gasteiger partial charge in [0.1, 0.15) is 17.2 Å². The fourth-order valence-corrected chi connectivity index (χ4v) is 7.27. The third-order valence-electron chi connectivity index (χ3n) is 7.79. The number of pyridine rings is 1. The maximum atomic E-state index is 13.9. The van der Waals surface area contributed by atoms with Gasteiger partial charge in [-0.3, -0.25) is 18.9 Å². The lowest BCUT2D eigenvalue weighted by Crippen LogP contribution is -2.29. The van der Waals surface area contributed by atoms with Gasteiger partial charge >= 0.3 is 5.91 Å². The zero-order chi connectivity index (χ0) is 33.9. The Bertz CT molecular complexity index is 2010. The average molecular weight is 688 g/mol. The first-order chi connectivity index (χ1) is 23.2. The molecule has 2 aromatic carbocycles. The molecule has 1 aliphatic rings. The van der Waals surface area contributed by atoms with E-state index in [2.05, 4.69) is 29.0 Å². The van der Waals surface area contributed by atoms with Crippen molar-refractivity contribution in [2.45, 2.75) is 50.3 Å². The predicted molar refractivity (Wildman–Crippen MR) is 183 cm³/mol. The highest BCUT2D eigenvalue weighted by atomic mass is 32.2. The van der Waals surface area contributed by atoms with Crippen molar-refractivity contribution >= 4 is 51.3 Å². The molecule has 48 heavy (non-hydrogen) atoms. The number of Topliss-reactive ketones (excluding diaryl/α,β-unsaturated/α-hetero) is 1. The summed E-state index contributed by atoms with van der Waals surface area (Å²) in [6.45, 7) is 8.67. The van der Waals surface area contributed by atoms with Crippen LogP contribution in [0.1, 0.15) is 55.7 Å². The fourth-order valence-electron chi connectivity index (χ4n) is 5.44. The number of carbonyl (C=O) groups excluding carboxylic acids is 2. The number of carbonyl (C=O) groups is 2. The minimum atomic E-state index is -1.06. The first-order valence-corrected chi connectivity index (χ1v) is 17.3. The van der Waals surface area contributed by atoms with E-state index < -0.39 is 17.7 Å². The number of hydrogen-bond donors (Lipinski definition) is 1. The molecule has 0 saturated carbocycles. The molecule has 10 nitrogen and oxygen atoms in total. The molecule has 13 heteroatoms. The number of aryl methyl sites for hydroxylation is 1. The molecule has 1 unspecified atom stereocenters. The second-order valence-electron chi connectivity index (χ2n) is 11.6. The first kappa shape index (κ1) is 33.2. The normalized spacial score (nSPS) is 16.0. The minimum absolute atomic E-state index is 0.111. The molecule has 0 aliphatic carbocycles. The van der Waals surface area contributed by atoms with E-state index in [1.54, 1.807) is 60.0 Å². The molecule has 5 aromatic rings. The van der Waals surface area contributed by atoms with Crippen LogP contribution in [-0.4, -0.2) is 49.6 Å². The molecule has 6 rings (SSSR count). The van der Waals surface area contributed by atoms with Crippen LogP contribution in [0.15, 0.2) is 76.8 Å². The quantitative estimate of drug-likeness (QED) is 0.0471. The monoisotopic (exact) mass is 687 g/mol. The molecule has 248 valence electrons. The highest BCUT2D eigenvalue weighted by molar-refractivity contribution is 8.00. The molecule has 1 N–H and O–H groups in total. The summed E-state index contributed by atoms with van der Waals surface area (Å²) in [5.41, 5.74) is 2.66. The number of amides is 1. The van der Waals surface area contributed by atoms with Crippen LogP contribution in [0.2, 0.25) is 0 Å². The molecule has 0 spiro atoms. The van der Waals surface area contributed by atoms with Gasteiger partial charge in [-0.1, -0.05) is 61.2 Å². The van der Waals surface area contributed by atoms with Crippen LogP contribution in [0.4, 0.5) is 9.52 Å². The van der Waals surface area contributed by atoms with E-state index in [0.717, 1.165) is 23.3 Å². The third kappa shape index (κ3) is 6.65. The number of nitrogens with zero attached hydrogens (tertiary/aromatic N) is 5. The summed E-state index contributed by atoms with van der Waals surface area (Å²) >= 11 is 2.52. The summed E-state index contributed by atoms with van der Waals surface area (Å²) in [5, 5.41) is 20.7. The number of aliphatic hydroxyl groups is 1. The van der Waals surface area contributed by atoms with Crippen LogP contribution in [0.5, 0.6) is 11.5 Å². The van der Waals surface area contributed by atoms with E-state index in [4.69, 9.17) is 9.47 Å². The number of aliphatic hydroxyl groups excluding tert-OH is 1. The summed E-state index contributed by atoms with van der Waals surface area (Å²) in [5.74, 6) is -0.464. The first-order valence-electron chi connectivity index (χ1n) is 15.5. The SMILES string of the molecule is CCOc1cc(C2/C(=C(\O)c3c(C)nc4ccccn34)C(=O)C(=O)N2c2nnc(SCc3ccc(F)cc3)s2)ccc1OCCC(C)C. The van der Waals surface area contributed by atoms with Crippen LogP contribution >= 0.6 is 23.1 Å². The van der Waals surface area contributed by atoms with Crippen molar-refractivity contribution in [2.75, 3.05) is 18.1 Å². The van der Waals surface area contributed by atoms with Gasteiger partial charge in [0, 0.05) is 11.9 Å². The van der Waals surface area contributed by atoms with E-state index in [1.807, 2.05) is 13.0 Å². The van der Waals surface area contributed by atoms with Crippen LogP contribution in [0.3, 0.4) is 0 Å². The zero-order valence-electron chi connectivity index (χ0n) is 26.8. The summed E-state index contributed by atoms with van der Waals surface area (Å²) in [7, 11) is 0. The lowest BCUT2D eigenvalue weighted by Gasteiger charge is -2.23. The highest BCUT2D eigenvalue weighted by Crippen LogP contribution is 2.46. The highest BCUT2D eigenvalue weighted by Gasteiger charge is 2.49. The summed E-state index contributed by atoms with van der Waals surface area (Å²) in [6.07, 6.45) is 2.59. The average Bonchev–Trinajstić information content (AvgIpc) is 3.74. The Morgan fingerprint density at radius 3 is 2.60 bits per heavy atom. The van der Waals surface area contributed by atoms with Gasteiger partial charge in [0.25, 0.3) is 5.78 Å². The molecule has 0 bridgehead atoms. The number of ketones is 1. The Morgan fingerprint density at radius 2 is 1.85 bits per heavy atom. The molecular formula is C35H34FN5O5S2. The zero-order valence-corrected chi connectivity index (χ0v) is 28.5. The Morgan fingerprint density at radius 1 is 1.06 bits per heavy atom. The van der Waals surface area contributed by atoms with Gasteiger partial charge in [-0.05, 0) is 73.7 Å². The summed E-state index contributed by atoms with van der Waals surface area (Å²) in [6, 6.07) is 15.8. The van der Waals surface area contributed by atoms with Crippen molar-refractivity contribution in [3.8, 4) is 11.5 Å². The molecule has 1 amide bonds. The maximum Gasteiger partial charge on any atom is 0.301 e. The van der Waals surface area contributed by atoms with E-state index >= 15 is 0 Å². The van der Waals surface area contributed by atoms with Gasteiger partial charge in [-0.15, -0.1) is 10.2 Å². The van der Waals surface area contributed by atoms with Crippen molar-refractivity contribution in [3.63, 3.8) is 0 Å². The predicted octanol–water partition coefficient (Wildman–Crippen LogP) is 7.38. The maximum absolute atomic E-state index is 13.9. The van der Waals surface area contributed by atoms with Crippen LogP contribution in [-0.2, 0) is 15.3 Å². The lowest BCUT2D eigenvalue weighted by atomic mass is 9.96. The second kappa shape index (κ2) is 14.2. The molecule has 4 heterocycles. The van der Waals surface area contributed by atoms with Crippen molar-refractivity contribution in [1.29, 1.82) is 0 Å². The van der Waals surface area contributed by atoms with Crippen molar-refractivity contribution in [2.24, 2.45) is 5.92 Å². The number of imidazole rings is 1. The van der Waals surface area contributed by atoms with E-state index in [-0.39, 0.29) is 22.3 Å². The number of thioether (sulfide) groups is 1. The van der Waals surface area contributed by atoms with E-state index in [1.165, 1.54) is 28.8 Å². The third-order valence-corrected chi connectivity index (χ3v) is 9.91. The lowest BCUT2D eigenvalue weighted by molar-refractivity contribution is -0.132. The smallest absolute Gasteiger partial charge is 0.301 e. The van der Waals surface area contributed by atoms with Gasteiger partial charge in [-0.25, -0.2) is 9.37 Å². The number of rotatable bonds is 12. The fraction of sp³-hybridized carbons (Fsp3) is 0.286. The molecular weight excluding hydrogens is 654 g/mol. The van der Waals surface area contributed by atoms with Crippen molar-refractivity contribution in [3.05, 3.63) is 101 Å². The Balaban J connectivity index is 1.44. The van der Waals surface area contributed by atoms with Gasteiger partial charge in [0.15, 0.2) is 21.6 Å². The number of benzene rings is 2. The minimum Gasteiger partial charge on any atom is -0.505 e. The number of halogens is 1. The van der Waals surface area contributed by atoms with Crippen LogP contribution in [0, 0.1) is 18.7 Å². The topological polar surface area (TPSA) is 119 Å². The van der Waals surface area contributed by atoms with Gasteiger partial charge < -0.3 is 14.6 Å². The Hall–Kier alpha value is -4.75. The standard InChI is InChI=1S/C35H34FN5O5S2/c1-5-45-26-18-23(11-14-25(26)46-17-15-20(2)3)30-28(31(42)29-21(4)37-27-8-6-7-16-40(27)29)32(43)33(44)41(30)34-38-39-35(48-34)47-19-22-9-12-24(36)13-10-22/h6-14,16,18,20,30,42H,5,15,17,19H2,1-4H3/b31-28+. The summed E-state index contributed by atoms with van der Waals surface area (Å²) in [4.78, 5) is 33.6. The Kier molecular flexibility index (Phi) is 9.78. The van der Waals surface area contributed by atoms with Crippen molar-refractivity contribution in [1.82, 2.24) is 19.6 Å². The molecule has 3 aromatic heterocycles. The molecule has 1 fully saturated rings. The number of anilines is 1. The van der Waals surface area contributed by atoms with Crippen molar-refractivity contribution < 1.29 is 28.6 Å². The van der Waals surface area contributed by atoms with E-state index in [0.29, 0.717) is 63.3 Å². The number of ether oxygens (including phenoxy) is 2. The largest absolute Gasteiger partial charge is 0.505 e. The molecule has 1 saturated heterocycles. The number of hydrogen-bond acceptors (Lipinski definition) is 10. The van der Waals surface area contributed by atoms with Crippen LogP contribution in [0.25, 0.3) is 11.4 Å². The molecule has 1 aliphatic heterocycles.